The van der Waals surface area contributed by atoms with Crippen molar-refractivity contribution in [3.8, 4) is 11.4 Å². The largest absolute Gasteiger partial charge is 0.508 e. The Bertz CT molecular complexity index is 997. The molecule has 1 aromatic carbocycles. The maximum absolute atomic E-state index is 14.3. The summed E-state index contributed by atoms with van der Waals surface area (Å²) in [5, 5.41) is 10.1. The predicted octanol–water partition coefficient (Wildman–Crippen LogP) is 1.78. The lowest BCUT2D eigenvalue weighted by molar-refractivity contribution is 0.100. The topological polar surface area (TPSA) is 115 Å². The number of hydrogen-bond donors (Lipinski definition) is 3. The number of amides is 1. The minimum atomic E-state index is -1.43. The lowest BCUT2D eigenvalue weighted by atomic mass is 10.1. The number of benzene rings is 1. The smallest absolute Gasteiger partial charge is 0.280 e. The van der Waals surface area contributed by atoms with Crippen LogP contribution in [-0.2, 0) is 0 Å². The summed E-state index contributed by atoms with van der Waals surface area (Å²) < 4.78 is 15.5. The number of anilines is 2. The highest BCUT2D eigenvalue weighted by Crippen LogP contribution is 2.32. The minimum absolute atomic E-state index is 0.00886. The third-order valence-corrected chi connectivity index (χ3v) is 5.08. The van der Waals surface area contributed by atoms with E-state index in [4.69, 9.17) is 11.5 Å². The van der Waals surface area contributed by atoms with Crippen LogP contribution in [0.4, 0.5) is 15.9 Å². The fraction of sp³-hybridized carbons (Fsp3) is 0.368. The number of primary amides is 1. The molecule has 8 heteroatoms. The van der Waals surface area contributed by atoms with E-state index in [-0.39, 0.29) is 35.8 Å². The fourth-order valence-corrected chi connectivity index (χ4v) is 3.56. The van der Waals surface area contributed by atoms with Crippen molar-refractivity contribution < 1.29 is 14.3 Å². The van der Waals surface area contributed by atoms with Crippen LogP contribution in [0.15, 0.2) is 23.0 Å². The summed E-state index contributed by atoms with van der Waals surface area (Å²) in [7, 11) is 0. The molecule has 1 fully saturated rings. The summed E-state index contributed by atoms with van der Waals surface area (Å²) in [6.07, 6.45) is 0.271. The Morgan fingerprint density at radius 3 is 2.56 bits per heavy atom. The van der Waals surface area contributed by atoms with Gasteiger partial charge in [0.1, 0.15) is 22.9 Å². The van der Waals surface area contributed by atoms with E-state index < -0.39 is 17.1 Å². The number of carbonyl (C=O) groups excluding carboxylic acids is 1. The van der Waals surface area contributed by atoms with Crippen LogP contribution in [0.2, 0.25) is 0 Å². The van der Waals surface area contributed by atoms with Crippen molar-refractivity contribution in [1.82, 2.24) is 4.57 Å². The molecule has 7 nitrogen and oxygen atoms in total. The van der Waals surface area contributed by atoms with Crippen molar-refractivity contribution in [3.63, 3.8) is 0 Å². The summed E-state index contributed by atoms with van der Waals surface area (Å²) in [5.74, 6) is -0.916. The third kappa shape index (κ3) is 3.11. The number of halogens is 1. The molecular weight excluding hydrogens is 351 g/mol. The molecule has 1 unspecified atom stereocenters. The number of rotatable bonds is 3. The highest BCUT2D eigenvalue weighted by atomic mass is 19.1. The number of aromatic hydroxyl groups is 1. The third-order valence-electron chi connectivity index (χ3n) is 5.08. The molecule has 0 radical (unpaired) electrons. The summed E-state index contributed by atoms with van der Waals surface area (Å²) in [5.41, 5.74) is 11.3. The molecule has 3 rings (SSSR count). The lowest BCUT2D eigenvalue weighted by Gasteiger charge is -2.23. The monoisotopic (exact) mass is 374 g/mol. The molecule has 1 atom stereocenters. The molecule has 0 aliphatic carbocycles. The van der Waals surface area contributed by atoms with Crippen molar-refractivity contribution in [3.05, 3.63) is 45.2 Å². The summed E-state index contributed by atoms with van der Waals surface area (Å²) in [6, 6.07) is 4.49. The number of nitrogens with two attached hydrogens (primary N) is 2. The first kappa shape index (κ1) is 18.8. The van der Waals surface area contributed by atoms with Crippen molar-refractivity contribution in [2.75, 3.05) is 23.7 Å². The van der Waals surface area contributed by atoms with Crippen LogP contribution >= 0.6 is 0 Å². The zero-order valence-electron chi connectivity index (χ0n) is 15.5. The van der Waals surface area contributed by atoms with Gasteiger partial charge in [-0.15, -0.1) is 0 Å². The van der Waals surface area contributed by atoms with E-state index in [1.165, 1.54) is 23.6 Å². The van der Waals surface area contributed by atoms with Crippen LogP contribution < -0.4 is 21.9 Å². The molecule has 2 heterocycles. The Hall–Kier alpha value is -3.03. The van der Waals surface area contributed by atoms with E-state index in [9.17, 15) is 19.1 Å². The molecule has 1 aliphatic rings. The summed E-state index contributed by atoms with van der Waals surface area (Å²) >= 11 is 0. The Morgan fingerprint density at radius 2 is 2.00 bits per heavy atom. The number of phenols is 1. The second-order valence-electron chi connectivity index (χ2n) is 7.29. The molecular formula is C19H23FN4O3. The number of hydrogen-bond acceptors (Lipinski definition) is 5. The zero-order valence-corrected chi connectivity index (χ0v) is 15.5. The van der Waals surface area contributed by atoms with Gasteiger partial charge in [-0.05, 0) is 38.5 Å². The molecule has 1 aromatic heterocycles. The van der Waals surface area contributed by atoms with Gasteiger partial charge in [0, 0.05) is 18.5 Å². The van der Waals surface area contributed by atoms with E-state index in [1.54, 1.807) is 24.8 Å². The highest BCUT2D eigenvalue weighted by molar-refractivity contribution is 5.98. The van der Waals surface area contributed by atoms with Gasteiger partial charge in [0.15, 0.2) is 0 Å². The van der Waals surface area contributed by atoms with Crippen molar-refractivity contribution in [1.29, 1.82) is 0 Å². The van der Waals surface area contributed by atoms with Gasteiger partial charge in [-0.25, -0.2) is 4.39 Å². The SMILES string of the molecule is Cc1ccc(O)c(C)c1-n1c(N)c(C(N)=O)cc(N2CCC(C)(F)C2)c1=O. The average Bonchev–Trinajstić information content (AvgIpc) is 2.93. The van der Waals surface area contributed by atoms with Gasteiger partial charge in [0.05, 0.1) is 17.8 Å². The maximum Gasteiger partial charge on any atom is 0.280 e. The lowest BCUT2D eigenvalue weighted by Crippen LogP contribution is -2.35. The number of carbonyl (C=O) groups is 1. The molecule has 144 valence electrons. The van der Waals surface area contributed by atoms with Crippen molar-refractivity contribution in [2.24, 2.45) is 5.73 Å². The number of phenolic OH excluding ortho intramolecular Hbond substituents is 1. The molecule has 0 bridgehead atoms. The second kappa shape index (κ2) is 6.29. The molecule has 2 aromatic rings. The molecule has 27 heavy (non-hydrogen) atoms. The normalized spacial score (nSPS) is 19.5. The van der Waals surface area contributed by atoms with Gasteiger partial charge in [0.2, 0.25) is 0 Å². The number of pyridine rings is 1. The number of alkyl halides is 1. The van der Waals surface area contributed by atoms with E-state index in [1.807, 2.05) is 0 Å². The number of nitrogen functional groups attached to an aromatic ring is 1. The number of aromatic nitrogens is 1. The maximum atomic E-state index is 14.3. The second-order valence-corrected chi connectivity index (χ2v) is 7.29. The average molecular weight is 374 g/mol. The Balaban J connectivity index is 2.34. The Morgan fingerprint density at radius 1 is 1.33 bits per heavy atom. The van der Waals surface area contributed by atoms with E-state index >= 15 is 0 Å². The van der Waals surface area contributed by atoms with Crippen LogP contribution in [0.1, 0.15) is 34.8 Å². The van der Waals surface area contributed by atoms with Crippen LogP contribution in [0.3, 0.4) is 0 Å². The number of nitrogens with zero attached hydrogens (tertiary/aromatic N) is 2. The van der Waals surface area contributed by atoms with Gasteiger partial charge < -0.3 is 21.5 Å². The summed E-state index contributed by atoms with van der Waals surface area (Å²) in [4.78, 5) is 26.8. The first-order valence-corrected chi connectivity index (χ1v) is 8.62. The molecule has 5 N–H and O–H groups in total. The fourth-order valence-electron chi connectivity index (χ4n) is 3.56. The van der Waals surface area contributed by atoms with E-state index in [0.717, 1.165) is 0 Å². The standard InChI is InChI=1S/C19H23FN4O3/c1-10-4-5-14(25)11(2)15(10)24-16(21)12(17(22)26)8-13(18(24)27)23-7-6-19(3,20)9-23/h4-5,8,25H,6-7,9,21H2,1-3H3,(H2,22,26). The van der Waals surface area contributed by atoms with Crippen LogP contribution in [0, 0.1) is 13.8 Å². The van der Waals surface area contributed by atoms with Gasteiger partial charge >= 0.3 is 0 Å². The van der Waals surface area contributed by atoms with Crippen LogP contribution in [0.25, 0.3) is 5.69 Å². The van der Waals surface area contributed by atoms with Gasteiger partial charge in [-0.1, -0.05) is 6.07 Å². The number of aryl methyl sites for hydroxylation is 1. The molecule has 0 saturated carbocycles. The molecule has 0 spiro atoms. The van der Waals surface area contributed by atoms with Gasteiger partial charge in [-0.2, -0.15) is 0 Å². The van der Waals surface area contributed by atoms with Crippen LogP contribution in [0.5, 0.6) is 5.75 Å². The molecule has 1 aliphatic heterocycles. The van der Waals surface area contributed by atoms with Gasteiger partial charge in [0.25, 0.3) is 11.5 Å². The van der Waals surface area contributed by atoms with E-state index in [0.29, 0.717) is 23.4 Å². The zero-order chi connectivity index (χ0) is 20.1. The quantitative estimate of drug-likeness (QED) is 0.758. The summed E-state index contributed by atoms with van der Waals surface area (Å²) in [6.45, 7) is 5.25. The van der Waals surface area contributed by atoms with Crippen molar-refractivity contribution >= 4 is 17.4 Å². The first-order valence-electron chi connectivity index (χ1n) is 8.62. The highest BCUT2D eigenvalue weighted by Gasteiger charge is 2.35. The van der Waals surface area contributed by atoms with Crippen LogP contribution in [-0.4, -0.2) is 34.3 Å². The molecule has 1 amide bonds. The van der Waals surface area contributed by atoms with Crippen molar-refractivity contribution in [2.45, 2.75) is 32.9 Å². The Kier molecular flexibility index (Phi) is 4.37. The Labute approximate surface area is 156 Å². The van der Waals surface area contributed by atoms with Gasteiger partial charge in [-0.3, -0.25) is 14.2 Å². The van der Waals surface area contributed by atoms with E-state index in [2.05, 4.69) is 0 Å². The minimum Gasteiger partial charge on any atom is -0.508 e. The predicted molar refractivity (Wildman–Crippen MR) is 102 cm³/mol. The molecule has 1 saturated heterocycles. The first-order chi connectivity index (χ1) is 12.5.